The van der Waals surface area contributed by atoms with Gasteiger partial charge in [-0.2, -0.15) is 0 Å². The average Bonchev–Trinajstić information content (AvgIpc) is 2.46. The molecule has 0 aliphatic heterocycles. The van der Waals surface area contributed by atoms with Gasteiger partial charge < -0.3 is 0 Å². The van der Waals surface area contributed by atoms with E-state index in [-0.39, 0.29) is 0 Å². The van der Waals surface area contributed by atoms with Crippen molar-refractivity contribution in [3.8, 4) is 11.1 Å². The largest absolute Gasteiger partial charge is 0.122 e. The third-order valence-electron chi connectivity index (χ3n) is 3.88. The lowest BCUT2D eigenvalue weighted by Gasteiger charge is -2.13. The molecule has 2 heteroatoms. The Hall–Kier alpha value is -1.05. The smallest absolute Gasteiger partial charge is 0.0480 e. The van der Waals surface area contributed by atoms with Crippen molar-refractivity contribution in [2.45, 2.75) is 32.1 Å². The third-order valence-corrected chi connectivity index (χ3v) is 5.01. The first kappa shape index (κ1) is 14.4. The predicted octanol–water partition coefficient (Wildman–Crippen LogP) is 3.60. The Labute approximate surface area is 124 Å². The Morgan fingerprint density at radius 3 is 2.37 bits per heavy atom. The molecule has 0 aliphatic carbocycles. The highest BCUT2D eigenvalue weighted by atomic mass is 35.5. The first-order valence-corrected chi connectivity index (χ1v) is 8.45. The van der Waals surface area contributed by atoms with Gasteiger partial charge in [-0.05, 0) is 34.6 Å². The molecule has 0 amide bonds. The maximum atomic E-state index is 6.07. The molecule has 0 aromatic heterocycles. The van der Waals surface area contributed by atoms with Crippen LogP contribution in [0.3, 0.4) is 0 Å². The summed E-state index contributed by atoms with van der Waals surface area (Å²) in [6.45, 7) is 4.51. The Balaban J connectivity index is 2.43. The van der Waals surface area contributed by atoms with E-state index in [9.17, 15) is 0 Å². The van der Waals surface area contributed by atoms with Crippen LogP contribution in [0, 0.1) is 0 Å². The van der Waals surface area contributed by atoms with Crippen LogP contribution in [0.15, 0.2) is 42.5 Å². The third kappa shape index (κ3) is 3.10. The molecule has 1 unspecified atom stereocenters. The van der Waals surface area contributed by atoms with Gasteiger partial charge in [0.05, 0.1) is 0 Å². The van der Waals surface area contributed by atoms with E-state index in [1.54, 1.807) is 0 Å². The number of hydrogen-bond donors (Lipinski definition) is 0. The first-order valence-electron chi connectivity index (χ1n) is 6.92. The summed E-state index contributed by atoms with van der Waals surface area (Å²) in [6.07, 6.45) is 1.18. The molecule has 0 N–H and O–H groups in total. The molecule has 0 spiro atoms. The van der Waals surface area contributed by atoms with Crippen LogP contribution in [-0.4, -0.2) is 10.2 Å². The number of halogens is 1. The maximum absolute atomic E-state index is 6.07. The molecule has 100 valence electrons. The highest BCUT2D eigenvalue weighted by Gasteiger charge is 2.08. The quantitative estimate of drug-likeness (QED) is 0.596. The second kappa shape index (κ2) is 6.40. The molecule has 0 saturated heterocycles. The summed E-state index contributed by atoms with van der Waals surface area (Å²) in [5, 5.41) is 1.43. The summed E-state index contributed by atoms with van der Waals surface area (Å²) in [7, 11) is 1.05. The van der Waals surface area contributed by atoms with E-state index >= 15 is 0 Å². The summed E-state index contributed by atoms with van der Waals surface area (Å²) in [4.78, 5) is 0. The average molecular weight is 289 g/mol. The van der Waals surface area contributed by atoms with Gasteiger partial charge in [0.15, 0.2) is 0 Å². The molecule has 2 aromatic carbocycles. The number of hydrogen-bond acceptors (Lipinski definition) is 0. The van der Waals surface area contributed by atoms with Gasteiger partial charge in [0.1, 0.15) is 0 Å². The zero-order chi connectivity index (χ0) is 13.8. The van der Waals surface area contributed by atoms with Crippen LogP contribution in [0.1, 0.15) is 37.3 Å². The van der Waals surface area contributed by atoms with Gasteiger partial charge in [0, 0.05) is 16.1 Å². The van der Waals surface area contributed by atoms with Gasteiger partial charge in [0.2, 0.25) is 0 Å². The molecule has 0 bridgehead atoms. The summed E-state index contributed by atoms with van der Waals surface area (Å²) in [6, 6.07) is 15.5. The zero-order valence-electron chi connectivity index (χ0n) is 11.9. The number of benzene rings is 2. The van der Waals surface area contributed by atoms with Gasteiger partial charge in [-0.3, -0.25) is 0 Å². The number of alkyl halides is 1. The predicted molar refractivity (Wildman–Crippen MR) is 89.7 cm³/mol. The molecule has 0 radical (unpaired) electrons. The van der Waals surface area contributed by atoms with Crippen molar-refractivity contribution in [3.63, 3.8) is 0 Å². The Morgan fingerprint density at radius 2 is 1.79 bits per heavy atom. The Morgan fingerprint density at radius 1 is 1.11 bits per heavy atom. The van der Waals surface area contributed by atoms with Crippen molar-refractivity contribution in [1.82, 2.24) is 0 Å². The Kier molecular flexibility index (Phi) is 4.84. The minimum atomic E-state index is 0.582. The second-order valence-electron chi connectivity index (χ2n) is 5.17. The fourth-order valence-electron chi connectivity index (χ4n) is 2.47. The minimum absolute atomic E-state index is 0.582. The summed E-state index contributed by atoms with van der Waals surface area (Å²) >= 11 is 6.07. The van der Waals surface area contributed by atoms with Crippen molar-refractivity contribution in [2.75, 3.05) is 0 Å². The molecule has 0 fully saturated rings. The van der Waals surface area contributed by atoms with Crippen molar-refractivity contribution < 1.29 is 0 Å². The lowest BCUT2D eigenvalue weighted by molar-refractivity contribution is 0.734. The van der Waals surface area contributed by atoms with E-state index in [2.05, 4.69) is 56.3 Å². The molecular formula is C17H21ClSi. The molecule has 0 nitrogen and oxygen atoms in total. The minimum Gasteiger partial charge on any atom is -0.122 e. The van der Waals surface area contributed by atoms with Crippen molar-refractivity contribution >= 4 is 27.0 Å². The molecule has 0 saturated carbocycles. The van der Waals surface area contributed by atoms with Crippen molar-refractivity contribution in [2.24, 2.45) is 0 Å². The van der Waals surface area contributed by atoms with Crippen LogP contribution in [-0.2, 0) is 5.88 Å². The topological polar surface area (TPSA) is 0 Å². The molecule has 2 rings (SSSR count). The van der Waals surface area contributed by atoms with E-state index in [0.717, 1.165) is 10.2 Å². The summed E-state index contributed by atoms with van der Waals surface area (Å²) in [5.74, 6) is 1.21. The van der Waals surface area contributed by atoms with Crippen molar-refractivity contribution in [1.29, 1.82) is 0 Å². The summed E-state index contributed by atoms with van der Waals surface area (Å²) < 4.78 is 0. The van der Waals surface area contributed by atoms with E-state index in [4.69, 9.17) is 11.6 Å². The van der Waals surface area contributed by atoms with Gasteiger partial charge in [-0.15, -0.1) is 11.6 Å². The standard InChI is InChI=1S/C17H21ClSi/c1-3-12(2)13-7-9-14(10-8-13)17-15(11-18)5-4-6-16(17)19/h4-10,12H,3,11H2,1-2,19H3. The van der Waals surface area contributed by atoms with Crippen LogP contribution in [0.25, 0.3) is 11.1 Å². The van der Waals surface area contributed by atoms with Crippen LogP contribution < -0.4 is 5.19 Å². The molecule has 0 aliphatic rings. The Bertz CT molecular complexity index is 546. The molecular weight excluding hydrogens is 268 g/mol. The van der Waals surface area contributed by atoms with E-state index in [0.29, 0.717) is 11.8 Å². The summed E-state index contributed by atoms with van der Waals surface area (Å²) in [5.41, 5.74) is 5.31. The first-order chi connectivity index (χ1) is 9.17. The highest BCUT2D eigenvalue weighted by molar-refractivity contribution is 6.36. The van der Waals surface area contributed by atoms with Crippen LogP contribution >= 0.6 is 11.6 Å². The fourth-order valence-corrected chi connectivity index (χ4v) is 3.49. The van der Waals surface area contributed by atoms with E-state index in [1.807, 2.05) is 0 Å². The maximum Gasteiger partial charge on any atom is 0.0480 e. The molecule has 19 heavy (non-hydrogen) atoms. The lowest BCUT2D eigenvalue weighted by atomic mass is 9.94. The highest BCUT2D eigenvalue weighted by Crippen LogP contribution is 2.26. The van der Waals surface area contributed by atoms with Gasteiger partial charge in [0.25, 0.3) is 0 Å². The lowest BCUT2D eigenvalue weighted by Crippen LogP contribution is -2.08. The zero-order valence-corrected chi connectivity index (χ0v) is 14.7. The van der Waals surface area contributed by atoms with Gasteiger partial charge in [-0.1, -0.05) is 61.5 Å². The monoisotopic (exact) mass is 288 g/mol. The van der Waals surface area contributed by atoms with Gasteiger partial charge in [-0.25, -0.2) is 0 Å². The van der Waals surface area contributed by atoms with Crippen molar-refractivity contribution in [3.05, 3.63) is 53.6 Å². The fraction of sp³-hybridized carbons (Fsp3) is 0.294. The van der Waals surface area contributed by atoms with E-state index < -0.39 is 0 Å². The van der Waals surface area contributed by atoms with Crippen LogP contribution in [0.4, 0.5) is 0 Å². The number of rotatable bonds is 4. The second-order valence-corrected chi connectivity index (χ2v) is 6.52. The SMILES string of the molecule is CCC(C)c1ccc(-c2c([SiH3])cccc2CCl)cc1. The van der Waals surface area contributed by atoms with Crippen LogP contribution in [0.5, 0.6) is 0 Å². The van der Waals surface area contributed by atoms with E-state index in [1.165, 1.54) is 33.9 Å². The normalized spacial score (nSPS) is 12.6. The van der Waals surface area contributed by atoms with Crippen LogP contribution in [0.2, 0.25) is 0 Å². The molecule has 2 aromatic rings. The van der Waals surface area contributed by atoms with Gasteiger partial charge >= 0.3 is 0 Å². The molecule has 0 heterocycles. The molecule has 1 atom stereocenters.